The highest BCUT2D eigenvalue weighted by Gasteiger charge is 2.31. The molecule has 0 spiro atoms. The molecule has 0 aliphatic carbocycles. The van der Waals surface area contributed by atoms with Gasteiger partial charge in [0, 0.05) is 49.4 Å². The van der Waals surface area contributed by atoms with E-state index in [9.17, 15) is 14.4 Å². The molecular weight excluding hydrogens is 418 g/mol. The van der Waals surface area contributed by atoms with Crippen LogP contribution in [-0.2, 0) is 9.59 Å². The molecule has 1 aliphatic heterocycles. The van der Waals surface area contributed by atoms with E-state index in [1.807, 2.05) is 61.2 Å². The number of rotatable bonds is 6. The Labute approximate surface area is 194 Å². The van der Waals surface area contributed by atoms with Crippen LogP contribution in [0.5, 0.6) is 0 Å². The number of benzene rings is 2. The molecule has 1 saturated heterocycles. The van der Waals surface area contributed by atoms with Crippen LogP contribution in [0.25, 0.3) is 12.2 Å². The Kier molecular flexibility index (Phi) is 7.79. The van der Waals surface area contributed by atoms with Gasteiger partial charge in [-0.2, -0.15) is 0 Å². The van der Waals surface area contributed by atoms with Gasteiger partial charge in [-0.15, -0.1) is 0 Å². The SMILES string of the molecule is CC(=O)N1[C@H](C)CN(c2cccc(C(=O)C=Cc3cccc(C=CC(=O)NO)c3)c2)C[C@@H]1C. The summed E-state index contributed by atoms with van der Waals surface area (Å²) in [5.74, 6) is -0.640. The predicted molar refractivity (Wildman–Crippen MR) is 129 cm³/mol. The summed E-state index contributed by atoms with van der Waals surface area (Å²) >= 11 is 0. The lowest BCUT2D eigenvalue weighted by Crippen LogP contribution is -2.58. The molecule has 172 valence electrons. The summed E-state index contributed by atoms with van der Waals surface area (Å²) in [6.45, 7) is 7.12. The van der Waals surface area contributed by atoms with Crippen molar-refractivity contribution in [3.05, 3.63) is 77.4 Å². The number of nitrogens with one attached hydrogen (secondary N) is 1. The molecule has 2 aromatic carbocycles. The first-order valence-corrected chi connectivity index (χ1v) is 10.9. The number of hydroxylamine groups is 1. The number of piperazine rings is 1. The summed E-state index contributed by atoms with van der Waals surface area (Å²) in [6, 6.07) is 15.1. The molecule has 7 nitrogen and oxygen atoms in total. The van der Waals surface area contributed by atoms with Crippen LogP contribution in [0.3, 0.4) is 0 Å². The molecule has 1 aliphatic rings. The first-order valence-electron chi connectivity index (χ1n) is 10.9. The standard InChI is InChI=1S/C26H29N3O4/c1-18-16-28(17-19(2)29(18)20(3)30)24-9-5-8-23(15-24)25(31)12-10-21-6-4-7-22(14-21)11-13-26(32)27-33/h4-15,18-19,33H,16-17H2,1-3H3,(H,27,32)/t18-,19+. The number of ketones is 1. The van der Waals surface area contributed by atoms with Gasteiger partial charge >= 0.3 is 0 Å². The molecule has 33 heavy (non-hydrogen) atoms. The van der Waals surface area contributed by atoms with Gasteiger partial charge in [-0.05, 0) is 55.3 Å². The van der Waals surface area contributed by atoms with Crippen LogP contribution in [0, 0.1) is 0 Å². The van der Waals surface area contributed by atoms with Crippen LogP contribution in [0.1, 0.15) is 42.3 Å². The summed E-state index contributed by atoms with van der Waals surface area (Å²) in [4.78, 5) is 40.0. The van der Waals surface area contributed by atoms with Crippen molar-refractivity contribution < 1.29 is 19.6 Å². The highest BCUT2D eigenvalue weighted by molar-refractivity contribution is 6.07. The van der Waals surface area contributed by atoms with E-state index in [1.54, 1.807) is 30.6 Å². The van der Waals surface area contributed by atoms with E-state index in [0.717, 1.165) is 16.8 Å². The lowest BCUT2D eigenvalue weighted by Gasteiger charge is -2.45. The Morgan fingerprint density at radius 3 is 2.15 bits per heavy atom. The van der Waals surface area contributed by atoms with Gasteiger partial charge < -0.3 is 9.80 Å². The highest BCUT2D eigenvalue weighted by Crippen LogP contribution is 2.24. The predicted octanol–water partition coefficient (Wildman–Crippen LogP) is 3.55. The fraction of sp³-hybridized carbons (Fsp3) is 0.269. The number of carbonyl (C=O) groups excluding carboxylic acids is 3. The van der Waals surface area contributed by atoms with E-state index in [1.165, 1.54) is 12.2 Å². The van der Waals surface area contributed by atoms with Crippen molar-refractivity contribution in [1.29, 1.82) is 0 Å². The van der Waals surface area contributed by atoms with Crippen LogP contribution >= 0.6 is 0 Å². The minimum absolute atomic E-state index is 0.0833. The van der Waals surface area contributed by atoms with Crippen molar-refractivity contribution in [2.24, 2.45) is 0 Å². The van der Waals surface area contributed by atoms with Crippen LogP contribution in [0.2, 0.25) is 0 Å². The van der Waals surface area contributed by atoms with Gasteiger partial charge in [0.25, 0.3) is 5.91 Å². The summed E-state index contributed by atoms with van der Waals surface area (Å²) in [5, 5.41) is 8.56. The normalized spacial score (nSPS) is 18.7. The molecule has 2 N–H and O–H groups in total. The zero-order chi connectivity index (χ0) is 24.0. The fourth-order valence-electron chi connectivity index (χ4n) is 4.25. The minimum Gasteiger partial charge on any atom is -0.367 e. The molecule has 1 fully saturated rings. The zero-order valence-corrected chi connectivity index (χ0v) is 19.1. The van der Waals surface area contributed by atoms with Gasteiger partial charge in [-0.25, -0.2) is 5.48 Å². The van der Waals surface area contributed by atoms with E-state index >= 15 is 0 Å². The number of allylic oxidation sites excluding steroid dienone is 1. The van der Waals surface area contributed by atoms with Crippen molar-refractivity contribution >= 4 is 35.4 Å². The number of hydrogen-bond donors (Lipinski definition) is 2. The molecular formula is C26H29N3O4. The summed E-state index contributed by atoms with van der Waals surface area (Å²) in [7, 11) is 0. The second kappa shape index (κ2) is 10.7. The molecule has 2 atom stereocenters. The summed E-state index contributed by atoms with van der Waals surface area (Å²) in [5.41, 5.74) is 4.68. The Morgan fingerprint density at radius 2 is 1.55 bits per heavy atom. The van der Waals surface area contributed by atoms with Crippen molar-refractivity contribution in [1.82, 2.24) is 10.4 Å². The van der Waals surface area contributed by atoms with Crippen LogP contribution in [-0.4, -0.2) is 52.9 Å². The molecule has 0 radical (unpaired) electrons. The second-order valence-electron chi connectivity index (χ2n) is 8.26. The number of nitrogens with zero attached hydrogens (tertiary/aromatic N) is 2. The lowest BCUT2D eigenvalue weighted by atomic mass is 10.0. The molecule has 7 heteroatoms. The number of hydrogen-bond acceptors (Lipinski definition) is 5. The zero-order valence-electron chi connectivity index (χ0n) is 19.1. The van der Waals surface area contributed by atoms with Crippen LogP contribution in [0.4, 0.5) is 5.69 Å². The summed E-state index contributed by atoms with van der Waals surface area (Å²) in [6.07, 6.45) is 6.05. The molecule has 0 bridgehead atoms. The maximum atomic E-state index is 12.8. The van der Waals surface area contributed by atoms with Crippen molar-refractivity contribution in [3.8, 4) is 0 Å². The van der Waals surface area contributed by atoms with Crippen molar-refractivity contribution in [3.63, 3.8) is 0 Å². The van der Waals surface area contributed by atoms with Gasteiger partial charge in [0.05, 0.1) is 0 Å². The molecule has 3 rings (SSSR count). The van der Waals surface area contributed by atoms with Gasteiger partial charge in [0.15, 0.2) is 5.78 Å². The molecule has 0 unspecified atom stereocenters. The average Bonchev–Trinajstić information content (AvgIpc) is 2.80. The van der Waals surface area contributed by atoms with Gasteiger partial charge in [0.2, 0.25) is 5.91 Å². The second-order valence-corrected chi connectivity index (χ2v) is 8.26. The monoisotopic (exact) mass is 447 g/mol. The molecule has 0 saturated carbocycles. The van der Waals surface area contributed by atoms with Gasteiger partial charge in [0.1, 0.15) is 0 Å². The molecule has 0 aromatic heterocycles. The Hall–Kier alpha value is -3.71. The Bertz CT molecular complexity index is 1080. The van der Waals surface area contributed by atoms with Crippen LogP contribution in [0.15, 0.2) is 60.7 Å². The van der Waals surface area contributed by atoms with Gasteiger partial charge in [-0.1, -0.05) is 36.4 Å². The smallest absolute Gasteiger partial charge is 0.267 e. The first kappa shape index (κ1) is 23.9. The van der Waals surface area contributed by atoms with Crippen molar-refractivity contribution in [2.45, 2.75) is 32.9 Å². The molecule has 1 heterocycles. The van der Waals surface area contributed by atoms with E-state index in [0.29, 0.717) is 18.7 Å². The van der Waals surface area contributed by atoms with Crippen molar-refractivity contribution in [2.75, 3.05) is 18.0 Å². The largest absolute Gasteiger partial charge is 0.367 e. The topological polar surface area (TPSA) is 90.0 Å². The number of carbonyl (C=O) groups is 3. The van der Waals surface area contributed by atoms with Gasteiger partial charge in [-0.3, -0.25) is 19.6 Å². The molecule has 2 aromatic rings. The average molecular weight is 448 g/mol. The Balaban J connectivity index is 1.72. The maximum absolute atomic E-state index is 12.8. The third kappa shape index (κ3) is 6.17. The minimum atomic E-state index is -0.613. The fourth-order valence-corrected chi connectivity index (χ4v) is 4.25. The molecule has 2 amide bonds. The first-order chi connectivity index (χ1) is 15.8. The third-order valence-corrected chi connectivity index (χ3v) is 5.65. The van der Waals surface area contributed by atoms with E-state index in [2.05, 4.69) is 4.90 Å². The third-order valence-electron chi connectivity index (χ3n) is 5.65. The van der Waals surface area contributed by atoms with E-state index in [4.69, 9.17) is 5.21 Å². The maximum Gasteiger partial charge on any atom is 0.267 e. The number of anilines is 1. The quantitative estimate of drug-likeness (QED) is 0.306. The van der Waals surface area contributed by atoms with E-state index in [-0.39, 0.29) is 23.8 Å². The highest BCUT2D eigenvalue weighted by atomic mass is 16.5. The summed E-state index contributed by atoms with van der Waals surface area (Å²) < 4.78 is 0. The Morgan fingerprint density at radius 1 is 0.939 bits per heavy atom. The number of amides is 2. The van der Waals surface area contributed by atoms with Crippen LogP contribution < -0.4 is 10.4 Å². The lowest BCUT2D eigenvalue weighted by molar-refractivity contribution is -0.133. The van der Waals surface area contributed by atoms with E-state index < -0.39 is 5.91 Å².